The topological polar surface area (TPSA) is 33.1 Å². The van der Waals surface area contributed by atoms with E-state index in [1.807, 2.05) is 24.3 Å². The fourth-order valence-electron chi connectivity index (χ4n) is 1.92. The maximum Gasteiger partial charge on any atom is 0.117 e. The van der Waals surface area contributed by atoms with E-state index in [0.717, 1.165) is 16.1 Å². The molecule has 0 aliphatic heterocycles. The van der Waals surface area contributed by atoms with Gasteiger partial charge in [0.1, 0.15) is 10.8 Å². The first kappa shape index (κ1) is 11.9. The Bertz CT molecular complexity index is 758. The Balaban J connectivity index is 1.92. The first-order valence-corrected chi connectivity index (χ1v) is 6.87. The lowest BCUT2D eigenvalue weighted by atomic mass is 10.2. The molecular formula is C16H13NOS. The third-order valence-corrected chi connectivity index (χ3v) is 3.85. The third kappa shape index (κ3) is 2.66. The van der Waals surface area contributed by atoms with Crippen molar-refractivity contribution in [1.82, 2.24) is 4.98 Å². The highest BCUT2D eigenvalue weighted by molar-refractivity contribution is 7.19. The van der Waals surface area contributed by atoms with Crippen LogP contribution in [0.5, 0.6) is 5.75 Å². The predicted octanol–water partition coefficient (Wildman–Crippen LogP) is 4.48. The molecule has 3 rings (SSSR count). The molecule has 0 bridgehead atoms. The number of aryl methyl sites for hydroxylation is 1. The van der Waals surface area contributed by atoms with Crippen molar-refractivity contribution >= 4 is 33.7 Å². The second-order valence-corrected chi connectivity index (χ2v) is 5.51. The molecule has 2 nitrogen and oxygen atoms in total. The van der Waals surface area contributed by atoms with Gasteiger partial charge in [-0.05, 0) is 48.4 Å². The van der Waals surface area contributed by atoms with Crippen LogP contribution in [-0.4, -0.2) is 10.1 Å². The summed E-state index contributed by atoms with van der Waals surface area (Å²) >= 11 is 1.67. The molecule has 3 aromatic rings. The van der Waals surface area contributed by atoms with E-state index in [4.69, 9.17) is 0 Å². The van der Waals surface area contributed by atoms with Crippen molar-refractivity contribution in [3.8, 4) is 5.75 Å². The predicted molar refractivity (Wildman–Crippen MR) is 81.4 cm³/mol. The molecule has 0 amide bonds. The van der Waals surface area contributed by atoms with Gasteiger partial charge in [-0.1, -0.05) is 24.3 Å². The van der Waals surface area contributed by atoms with Gasteiger partial charge >= 0.3 is 0 Å². The minimum absolute atomic E-state index is 0.280. The van der Waals surface area contributed by atoms with E-state index in [0.29, 0.717) is 0 Å². The second-order valence-electron chi connectivity index (χ2n) is 4.45. The molecule has 1 aromatic heterocycles. The van der Waals surface area contributed by atoms with Gasteiger partial charge in [-0.25, -0.2) is 4.98 Å². The summed E-state index contributed by atoms with van der Waals surface area (Å²) in [6, 6.07) is 13.5. The molecule has 0 aliphatic carbocycles. The van der Waals surface area contributed by atoms with E-state index < -0.39 is 0 Å². The van der Waals surface area contributed by atoms with Crippen molar-refractivity contribution in [3.63, 3.8) is 0 Å². The van der Waals surface area contributed by atoms with E-state index in [2.05, 4.69) is 30.1 Å². The Labute approximate surface area is 115 Å². The van der Waals surface area contributed by atoms with Crippen molar-refractivity contribution < 1.29 is 5.11 Å². The minimum atomic E-state index is 0.280. The van der Waals surface area contributed by atoms with Gasteiger partial charge in [-0.3, -0.25) is 0 Å². The summed E-state index contributed by atoms with van der Waals surface area (Å²) in [6.45, 7) is 2.07. The molecular weight excluding hydrogens is 254 g/mol. The standard InChI is InChI=1S/C16H13NOS/c1-11-5-7-15-14(9-11)17-16(19-15)8-6-12-3-2-4-13(18)10-12/h2-10,18H,1H3/b8-6+. The molecule has 0 unspecified atom stereocenters. The Morgan fingerprint density at radius 2 is 2.00 bits per heavy atom. The lowest BCUT2D eigenvalue weighted by Gasteiger charge is -1.93. The highest BCUT2D eigenvalue weighted by Crippen LogP contribution is 2.24. The normalized spacial score (nSPS) is 11.4. The average Bonchev–Trinajstić information content (AvgIpc) is 2.78. The molecule has 0 radical (unpaired) electrons. The van der Waals surface area contributed by atoms with Gasteiger partial charge in [0.15, 0.2) is 0 Å². The van der Waals surface area contributed by atoms with Crippen molar-refractivity contribution in [2.45, 2.75) is 6.92 Å². The van der Waals surface area contributed by atoms with Gasteiger partial charge in [0.05, 0.1) is 10.2 Å². The number of thiazole rings is 1. The summed E-state index contributed by atoms with van der Waals surface area (Å²) in [5.74, 6) is 0.280. The molecule has 0 saturated heterocycles. The number of fused-ring (bicyclic) bond motifs is 1. The molecule has 0 spiro atoms. The number of aromatic hydroxyl groups is 1. The summed E-state index contributed by atoms with van der Waals surface area (Å²) in [5.41, 5.74) is 3.23. The number of phenols is 1. The van der Waals surface area contributed by atoms with E-state index in [1.165, 1.54) is 10.3 Å². The summed E-state index contributed by atoms with van der Waals surface area (Å²) < 4.78 is 1.20. The molecule has 3 heteroatoms. The first-order chi connectivity index (χ1) is 9.20. The van der Waals surface area contributed by atoms with Crippen molar-refractivity contribution in [2.75, 3.05) is 0 Å². The van der Waals surface area contributed by atoms with Crippen molar-refractivity contribution in [2.24, 2.45) is 0 Å². The van der Waals surface area contributed by atoms with Crippen LogP contribution in [-0.2, 0) is 0 Å². The zero-order valence-corrected chi connectivity index (χ0v) is 11.3. The summed E-state index contributed by atoms with van der Waals surface area (Å²) in [4.78, 5) is 4.58. The van der Waals surface area contributed by atoms with E-state index in [-0.39, 0.29) is 5.75 Å². The zero-order chi connectivity index (χ0) is 13.2. The molecule has 0 aliphatic rings. The van der Waals surface area contributed by atoms with Crippen molar-refractivity contribution in [3.05, 3.63) is 58.6 Å². The number of hydrogen-bond donors (Lipinski definition) is 1. The van der Waals surface area contributed by atoms with E-state index in [1.54, 1.807) is 23.5 Å². The molecule has 19 heavy (non-hydrogen) atoms. The van der Waals surface area contributed by atoms with Crippen LogP contribution in [0.15, 0.2) is 42.5 Å². The highest BCUT2D eigenvalue weighted by atomic mass is 32.1. The van der Waals surface area contributed by atoms with Gasteiger partial charge in [0.25, 0.3) is 0 Å². The van der Waals surface area contributed by atoms with Crippen LogP contribution in [0.2, 0.25) is 0 Å². The SMILES string of the molecule is Cc1ccc2sc(/C=C/c3cccc(O)c3)nc2c1. The monoisotopic (exact) mass is 267 g/mol. The lowest BCUT2D eigenvalue weighted by molar-refractivity contribution is 0.475. The van der Waals surface area contributed by atoms with Crippen molar-refractivity contribution in [1.29, 1.82) is 0 Å². The van der Waals surface area contributed by atoms with Crippen LogP contribution in [0.3, 0.4) is 0 Å². The van der Waals surface area contributed by atoms with Gasteiger partial charge in [-0.15, -0.1) is 11.3 Å². The summed E-state index contributed by atoms with van der Waals surface area (Å²) in [6.07, 6.45) is 3.94. The summed E-state index contributed by atoms with van der Waals surface area (Å²) in [7, 11) is 0. The molecule has 94 valence electrons. The third-order valence-electron chi connectivity index (χ3n) is 2.85. The second kappa shape index (κ2) is 4.86. The lowest BCUT2D eigenvalue weighted by Crippen LogP contribution is -1.73. The number of nitrogens with zero attached hydrogens (tertiary/aromatic N) is 1. The van der Waals surface area contributed by atoms with Gasteiger partial charge in [0, 0.05) is 0 Å². The average molecular weight is 267 g/mol. The van der Waals surface area contributed by atoms with Gasteiger partial charge < -0.3 is 5.11 Å². The van der Waals surface area contributed by atoms with Crippen LogP contribution >= 0.6 is 11.3 Å². The van der Waals surface area contributed by atoms with Crippen LogP contribution in [0, 0.1) is 6.92 Å². The number of aromatic nitrogens is 1. The van der Waals surface area contributed by atoms with Gasteiger partial charge in [-0.2, -0.15) is 0 Å². The molecule has 1 N–H and O–H groups in total. The maximum absolute atomic E-state index is 9.41. The number of hydrogen-bond acceptors (Lipinski definition) is 3. The fraction of sp³-hybridized carbons (Fsp3) is 0.0625. The first-order valence-electron chi connectivity index (χ1n) is 6.05. The molecule has 0 atom stereocenters. The smallest absolute Gasteiger partial charge is 0.117 e. The Morgan fingerprint density at radius 3 is 2.84 bits per heavy atom. The quantitative estimate of drug-likeness (QED) is 0.742. The van der Waals surface area contributed by atoms with E-state index in [9.17, 15) is 5.11 Å². The summed E-state index contributed by atoms with van der Waals surface area (Å²) in [5, 5.41) is 10.4. The number of benzene rings is 2. The Morgan fingerprint density at radius 1 is 1.11 bits per heavy atom. The minimum Gasteiger partial charge on any atom is -0.508 e. The molecule has 0 fully saturated rings. The molecule has 0 saturated carbocycles. The van der Waals surface area contributed by atoms with Crippen LogP contribution < -0.4 is 0 Å². The highest BCUT2D eigenvalue weighted by Gasteiger charge is 2.01. The van der Waals surface area contributed by atoms with Gasteiger partial charge in [0.2, 0.25) is 0 Å². The fourth-order valence-corrected chi connectivity index (χ4v) is 2.77. The van der Waals surface area contributed by atoms with Crippen LogP contribution in [0.25, 0.3) is 22.4 Å². The Kier molecular flexibility index (Phi) is 3.05. The van der Waals surface area contributed by atoms with E-state index >= 15 is 0 Å². The Hall–Kier alpha value is -2.13. The molecule has 1 heterocycles. The number of rotatable bonds is 2. The van der Waals surface area contributed by atoms with Crippen LogP contribution in [0.1, 0.15) is 16.1 Å². The molecule has 2 aromatic carbocycles. The zero-order valence-electron chi connectivity index (χ0n) is 10.5. The number of phenolic OH excluding ortho intramolecular Hbond substituents is 1. The largest absolute Gasteiger partial charge is 0.508 e. The maximum atomic E-state index is 9.41. The van der Waals surface area contributed by atoms with Crippen LogP contribution in [0.4, 0.5) is 0 Å².